The molecule has 6 heteroatoms. The minimum Gasteiger partial charge on any atom is -0.411 e. The average molecular weight is 335 g/mol. The summed E-state index contributed by atoms with van der Waals surface area (Å²) in [6, 6.07) is 0. The van der Waals surface area contributed by atoms with Crippen molar-refractivity contribution in [2.75, 3.05) is 24.7 Å². The standard InChI is InChI=1S/C15H30O4SSi/c1-8-10-18-12-14(13-20(16,17)11-9-2)19-21(6,7)15(3,4)5/h8-9,14H,1-2,10-13H2,3-7H3. The van der Waals surface area contributed by atoms with Gasteiger partial charge in [0.05, 0.1) is 30.8 Å². The Morgan fingerprint density at radius 2 is 1.76 bits per heavy atom. The number of rotatable bonds is 10. The summed E-state index contributed by atoms with van der Waals surface area (Å²) in [7, 11) is -5.26. The number of sulfone groups is 1. The minimum absolute atomic E-state index is 0.0197. The molecule has 21 heavy (non-hydrogen) atoms. The lowest BCUT2D eigenvalue weighted by Crippen LogP contribution is -2.47. The lowest BCUT2D eigenvalue weighted by atomic mass is 10.2. The maximum absolute atomic E-state index is 12.0. The van der Waals surface area contributed by atoms with E-state index in [2.05, 4.69) is 47.0 Å². The van der Waals surface area contributed by atoms with Crippen LogP contribution < -0.4 is 0 Å². The molecule has 0 fully saturated rings. The Labute approximate surface area is 131 Å². The smallest absolute Gasteiger partial charge is 0.192 e. The van der Waals surface area contributed by atoms with E-state index in [1.165, 1.54) is 6.08 Å². The Hall–Kier alpha value is -0.433. The summed E-state index contributed by atoms with van der Waals surface area (Å²) in [5.74, 6) is -0.0749. The molecule has 0 N–H and O–H groups in total. The van der Waals surface area contributed by atoms with Crippen molar-refractivity contribution in [1.29, 1.82) is 0 Å². The maximum Gasteiger partial charge on any atom is 0.192 e. The first kappa shape index (κ1) is 20.6. The molecule has 0 aliphatic carbocycles. The molecule has 0 aromatic carbocycles. The third kappa shape index (κ3) is 7.95. The first-order chi connectivity index (χ1) is 9.45. The summed E-state index contributed by atoms with van der Waals surface area (Å²) in [5.41, 5.74) is 0. The van der Waals surface area contributed by atoms with Crippen molar-refractivity contribution in [3.05, 3.63) is 25.3 Å². The highest BCUT2D eigenvalue weighted by atomic mass is 32.2. The zero-order chi connectivity index (χ0) is 16.7. The molecule has 0 aromatic rings. The second-order valence-electron chi connectivity index (χ2n) is 6.69. The molecule has 1 atom stereocenters. The molecule has 0 radical (unpaired) electrons. The molecule has 0 amide bonds. The summed E-state index contributed by atoms with van der Waals surface area (Å²) in [6.07, 6.45) is 2.60. The van der Waals surface area contributed by atoms with Crippen molar-refractivity contribution >= 4 is 18.2 Å². The van der Waals surface area contributed by atoms with Crippen LogP contribution in [0.1, 0.15) is 20.8 Å². The molecule has 0 aliphatic rings. The summed E-state index contributed by atoms with van der Waals surface area (Å²) in [6.45, 7) is 18.3. The van der Waals surface area contributed by atoms with Crippen molar-refractivity contribution in [3.8, 4) is 0 Å². The van der Waals surface area contributed by atoms with Crippen LogP contribution in [0.4, 0.5) is 0 Å². The molecule has 124 valence electrons. The molecule has 1 unspecified atom stereocenters. The highest BCUT2D eigenvalue weighted by molar-refractivity contribution is 7.91. The monoisotopic (exact) mass is 334 g/mol. The minimum atomic E-state index is -3.21. The SMILES string of the molecule is C=CCOCC(CS(=O)(=O)CC=C)O[Si](C)(C)C(C)(C)C. The van der Waals surface area contributed by atoms with E-state index in [-0.39, 0.29) is 23.2 Å². The van der Waals surface area contributed by atoms with Gasteiger partial charge in [-0.1, -0.05) is 32.9 Å². The van der Waals surface area contributed by atoms with E-state index in [0.717, 1.165) is 0 Å². The molecule has 4 nitrogen and oxygen atoms in total. The van der Waals surface area contributed by atoms with Crippen LogP contribution in [0.2, 0.25) is 18.1 Å². The van der Waals surface area contributed by atoms with Crippen molar-refractivity contribution in [3.63, 3.8) is 0 Å². The lowest BCUT2D eigenvalue weighted by Gasteiger charge is -2.39. The van der Waals surface area contributed by atoms with Crippen molar-refractivity contribution in [2.45, 2.75) is 45.0 Å². The van der Waals surface area contributed by atoms with Crippen molar-refractivity contribution in [1.82, 2.24) is 0 Å². The third-order valence-electron chi connectivity index (χ3n) is 3.62. The van der Waals surface area contributed by atoms with Gasteiger partial charge in [-0.15, -0.1) is 13.2 Å². The van der Waals surface area contributed by atoms with Gasteiger partial charge in [-0.2, -0.15) is 0 Å². The van der Waals surface area contributed by atoms with Crippen LogP contribution in [0.25, 0.3) is 0 Å². The Morgan fingerprint density at radius 1 is 1.19 bits per heavy atom. The van der Waals surface area contributed by atoms with Gasteiger partial charge in [0.1, 0.15) is 0 Å². The van der Waals surface area contributed by atoms with Gasteiger partial charge in [-0.3, -0.25) is 0 Å². The van der Waals surface area contributed by atoms with Gasteiger partial charge in [0, 0.05) is 0 Å². The van der Waals surface area contributed by atoms with Gasteiger partial charge >= 0.3 is 0 Å². The van der Waals surface area contributed by atoms with Crippen LogP contribution in [0.15, 0.2) is 25.3 Å². The zero-order valence-corrected chi connectivity index (χ0v) is 15.8. The van der Waals surface area contributed by atoms with Gasteiger partial charge in [0.15, 0.2) is 18.2 Å². The molecule has 0 aliphatic heterocycles. The molecular weight excluding hydrogens is 304 g/mol. The Balaban J connectivity index is 4.97. The highest BCUT2D eigenvalue weighted by Crippen LogP contribution is 2.37. The lowest BCUT2D eigenvalue weighted by molar-refractivity contribution is 0.0674. The fourth-order valence-electron chi connectivity index (χ4n) is 1.52. The summed E-state index contributed by atoms with van der Waals surface area (Å²) in [4.78, 5) is 0. The normalized spacial score (nSPS) is 14.7. The molecule has 0 spiro atoms. The second kappa shape index (κ2) is 8.27. The van der Waals surface area contributed by atoms with E-state index in [1.807, 2.05) is 0 Å². The first-order valence-corrected chi connectivity index (χ1v) is 11.9. The topological polar surface area (TPSA) is 52.6 Å². The fourth-order valence-corrected chi connectivity index (χ4v) is 4.21. The van der Waals surface area contributed by atoms with Crippen LogP contribution >= 0.6 is 0 Å². The molecule has 0 bridgehead atoms. The Kier molecular flexibility index (Phi) is 8.10. The van der Waals surface area contributed by atoms with E-state index < -0.39 is 24.3 Å². The van der Waals surface area contributed by atoms with Crippen LogP contribution in [0.5, 0.6) is 0 Å². The number of ether oxygens (including phenoxy) is 1. The zero-order valence-electron chi connectivity index (χ0n) is 14.0. The Bertz CT molecular complexity index is 435. The van der Waals surface area contributed by atoms with Crippen molar-refractivity contribution in [2.24, 2.45) is 0 Å². The molecule has 0 aromatic heterocycles. The molecule has 0 heterocycles. The van der Waals surface area contributed by atoms with Gasteiger partial charge in [-0.25, -0.2) is 8.42 Å². The van der Waals surface area contributed by atoms with Gasteiger partial charge in [-0.05, 0) is 18.1 Å². The predicted molar refractivity (Wildman–Crippen MR) is 91.9 cm³/mol. The largest absolute Gasteiger partial charge is 0.411 e. The van der Waals surface area contributed by atoms with Crippen LogP contribution in [0.3, 0.4) is 0 Å². The maximum atomic E-state index is 12.0. The second-order valence-corrected chi connectivity index (χ2v) is 13.6. The molecule has 0 rings (SSSR count). The van der Waals surface area contributed by atoms with Crippen LogP contribution in [-0.4, -0.2) is 47.6 Å². The van der Waals surface area contributed by atoms with E-state index in [0.29, 0.717) is 6.61 Å². The number of hydrogen-bond donors (Lipinski definition) is 0. The quantitative estimate of drug-likeness (QED) is 0.350. The Morgan fingerprint density at radius 3 is 2.19 bits per heavy atom. The van der Waals surface area contributed by atoms with E-state index in [9.17, 15) is 8.42 Å². The van der Waals surface area contributed by atoms with Gasteiger partial charge in [0.25, 0.3) is 0 Å². The molecular formula is C15H30O4SSi. The van der Waals surface area contributed by atoms with Gasteiger partial charge < -0.3 is 9.16 Å². The third-order valence-corrected chi connectivity index (χ3v) is 9.78. The number of hydrogen-bond acceptors (Lipinski definition) is 4. The summed E-state index contributed by atoms with van der Waals surface area (Å²) < 4.78 is 35.6. The predicted octanol–water partition coefficient (Wildman–Crippen LogP) is 3.18. The van der Waals surface area contributed by atoms with Crippen LogP contribution in [0, 0.1) is 0 Å². The fraction of sp³-hybridized carbons (Fsp3) is 0.733. The van der Waals surface area contributed by atoms with E-state index >= 15 is 0 Å². The van der Waals surface area contributed by atoms with Gasteiger partial charge in [0.2, 0.25) is 0 Å². The molecule has 0 saturated heterocycles. The van der Waals surface area contributed by atoms with E-state index in [4.69, 9.17) is 9.16 Å². The first-order valence-electron chi connectivity index (χ1n) is 7.13. The highest BCUT2D eigenvalue weighted by Gasteiger charge is 2.39. The van der Waals surface area contributed by atoms with Crippen LogP contribution in [-0.2, 0) is 19.0 Å². The summed E-state index contributed by atoms with van der Waals surface area (Å²) in [5, 5.41) is 0.0197. The summed E-state index contributed by atoms with van der Waals surface area (Å²) >= 11 is 0. The van der Waals surface area contributed by atoms with E-state index in [1.54, 1.807) is 6.08 Å². The average Bonchev–Trinajstić information content (AvgIpc) is 2.26. The molecule has 0 saturated carbocycles. The van der Waals surface area contributed by atoms with Crippen molar-refractivity contribution < 1.29 is 17.6 Å².